The quantitative estimate of drug-likeness (QED) is 0.424. The second kappa shape index (κ2) is 10.6. The highest BCUT2D eigenvalue weighted by molar-refractivity contribution is 7.97. The highest BCUT2D eigenvalue weighted by atomic mass is 32.2. The molecule has 1 aromatic heterocycles. The van der Waals surface area contributed by atoms with Crippen LogP contribution in [0.25, 0.3) is 0 Å². The highest BCUT2D eigenvalue weighted by Gasteiger charge is 2.40. The Kier molecular flexibility index (Phi) is 8.45. The third-order valence-corrected chi connectivity index (χ3v) is 4.91. The average molecular weight is 464 g/mol. The fraction of sp³-hybridized carbons (Fsp3) is 0.368. The average Bonchev–Trinajstić information content (AvgIpc) is 2.72. The summed E-state index contributed by atoms with van der Waals surface area (Å²) < 4.78 is 72.8. The Labute approximate surface area is 180 Å². The molecule has 1 heterocycles. The van der Waals surface area contributed by atoms with Crippen LogP contribution in [0.4, 0.5) is 33.3 Å². The van der Waals surface area contributed by atoms with Gasteiger partial charge in [-0.3, -0.25) is 9.93 Å². The first-order valence-corrected chi connectivity index (χ1v) is 9.94. The first-order chi connectivity index (χ1) is 14.6. The minimum Gasteiger partial charge on any atom is -0.491 e. The number of ether oxygens (including phenoxy) is 1. The SMILES string of the molecule is CCC(CN(CC(=O)Nc1ccnc(SN)c1)c1ccc(F)c(F)c1OC)C(F)(F)F. The first-order valence-electron chi connectivity index (χ1n) is 9.06. The second-order valence-electron chi connectivity index (χ2n) is 6.49. The van der Waals surface area contributed by atoms with Crippen LogP contribution in [0.3, 0.4) is 0 Å². The van der Waals surface area contributed by atoms with Gasteiger partial charge in [-0.05, 0) is 42.6 Å². The molecular formula is C19H21F5N4O2S. The molecule has 0 fully saturated rings. The summed E-state index contributed by atoms with van der Waals surface area (Å²) in [7, 11) is 1.06. The van der Waals surface area contributed by atoms with E-state index in [2.05, 4.69) is 10.3 Å². The topological polar surface area (TPSA) is 80.5 Å². The van der Waals surface area contributed by atoms with Crippen LogP contribution in [-0.4, -0.2) is 37.3 Å². The van der Waals surface area contributed by atoms with Gasteiger partial charge in [-0.1, -0.05) is 6.92 Å². The van der Waals surface area contributed by atoms with Crippen molar-refractivity contribution in [3.8, 4) is 5.75 Å². The molecular weight excluding hydrogens is 443 g/mol. The number of nitrogens with one attached hydrogen (secondary N) is 1. The number of pyridine rings is 1. The smallest absolute Gasteiger partial charge is 0.393 e. The second-order valence-corrected chi connectivity index (χ2v) is 7.14. The van der Waals surface area contributed by atoms with Crippen molar-refractivity contribution in [1.82, 2.24) is 4.98 Å². The Bertz CT molecular complexity index is 913. The van der Waals surface area contributed by atoms with E-state index < -0.39 is 48.5 Å². The number of rotatable bonds is 9. The Morgan fingerprint density at radius 1 is 1.32 bits per heavy atom. The predicted octanol–water partition coefficient (Wildman–Crippen LogP) is 4.37. The maximum atomic E-state index is 14.2. The van der Waals surface area contributed by atoms with Crippen molar-refractivity contribution in [2.75, 3.05) is 30.4 Å². The minimum absolute atomic E-state index is 0.174. The lowest BCUT2D eigenvalue weighted by molar-refractivity contribution is -0.172. The molecule has 3 N–H and O–H groups in total. The number of halogens is 5. The normalized spacial score (nSPS) is 12.4. The summed E-state index contributed by atoms with van der Waals surface area (Å²) in [6, 6.07) is 4.80. The summed E-state index contributed by atoms with van der Waals surface area (Å²) in [5.74, 6) is -5.65. The summed E-state index contributed by atoms with van der Waals surface area (Å²) in [6.45, 7) is 0.123. The van der Waals surface area contributed by atoms with Crippen molar-refractivity contribution in [1.29, 1.82) is 0 Å². The van der Waals surface area contributed by atoms with Gasteiger partial charge in [0.2, 0.25) is 11.7 Å². The Balaban J connectivity index is 2.36. The van der Waals surface area contributed by atoms with Gasteiger partial charge in [0.25, 0.3) is 0 Å². The number of anilines is 2. The van der Waals surface area contributed by atoms with Crippen LogP contribution in [0.2, 0.25) is 0 Å². The molecule has 0 aliphatic carbocycles. The number of alkyl halides is 3. The molecule has 1 aromatic carbocycles. The molecule has 0 aliphatic heterocycles. The van der Waals surface area contributed by atoms with Crippen molar-refractivity contribution in [3.05, 3.63) is 42.1 Å². The van der Waals surface area contributed by atoms with Gasteiger partial charge in [-0.2, -0.15) is 17.6 Å². The Morgan fingerprint density at radius 3 is 2.61 bits per heavy atom. The molecule has 2 aromatic rings. The number of nitrogens with zero attached hydrogens (tertiary/aromatic N) is 2. The number of aromatic nitrogens is 1. The van der Waals surface area contributed by atoms with E-state index in [0.717, 1.165) is 36.1 Å². The van der Waals surface area contributed by atoms with Gasteiger partial charge in [0.15, 0.2) is 11.6 Å². The van der Waals surface area contributed by atoms with Crippen molar-refractivity contribution >= 4 is 29.2 Å². The van der Waals surface area contributed by atoms with Crippen LogP contribution in [0.1, 0.15) is 13.3 Å². The molecule has 0 radical (unpaired) electrons. The molecule has 0 aliphatic rings. The van der Waals surface area contributed by atoms with Crippen molar-refractivity contribution < 1.29 is 31.5 Å². The van der Waals surface area contributed by atoms with Gasteiger partial charge in [0.05, 0.1) is 25.3 Å². The molecule has 12 heteroatoms. The highest BCUT2D eigenvalue weighted by Crippen LogP contribution is 2.36. The maximum Gasteiger partial charge on any atom is 0.393 e. The van der Waals surface area contributed by atoms with Crippen molar-refractivity contribution in [3.63, 3.8) is 0 Å². The van der Waals surface area contributed by atoms with E-state index in [1.54, 1.807) is 0 Å². The third kappa shape index (κ3) is 6.44. The number of nitrogens with two attached hydrogens (primary N) is 1. The van der Waals surface area contributed by atoms with Crippen LogP contribution >= 0.6 is 11.9 Å². The number of carbonyl (C=O) groups excluding carboxylic acids is 1. The maximum absolute atomic E-state index is 14.2. The fourth-order valence-electron chi connectivity index (χ4n) is 2.87. The number of methoxy groups -OCH3 is 1. The summed E-state index contributed by atoms with van der Waals surface area (Å²) in [5, 5.41) is 8.37. The van der Waals surface area contributed by atoms with Crippen LogP contribution < -0.4 is 20.1 Å². The number of benzene rings is 1. The Morgan fingerprint density at radius 2 is 2.03 bits per heavy atom. The summed E-state index contributed by atoms with van der Waals surface area (Å²) in [6.07, 6.45) is -3.42. The molecule has 31 heavy (non-hydrogen) atoms. The van der Waals surface area contributed by atoms with Gasteiger partial charge < -0.3 is 15.0 Å². The number of hydrogen-bond acceptors (Lipinski definition) is 6. The van der Waals surface area contributed by atoms with E-state index in [-0.39, 0.29) is 12.1 Å². The number of carbonyl (C=O) groups is 1. The minimum atomic E-state index is -4.55. The standard InChI is InChI=1S/C19H21F5N4O2S/c1-3-11(19(22,23)24)9-28(14-5-4-13(20)17(21)18(14)30-2)10-15(29)27-12-6-7-26-16(8-12)31-25/h4-8,11H,3,9-10,25H2,1-2H3,(H,26,27,29). The molecule has 0 saturated heterocycles. The zero-order chi connectivity index (χ0) is 23.2. The summed E-state index contributed by atoms with van der Waals surface area (Å²) in [5.41, 5.74) is 0.153. The monoisotopic (exact) mass is 464 g/mol. The third-order valence-electron chi connectivity index (χ3n) is 4.44. The van der Waals surface area contributed by atoms with Crippen LogP contribution in [0.15, 0.2) is 35.5 Å². The van der Waals surface area contributed by atoms with E-state index in [4.69, 9.17) is 9.88 Å². The lowest BCUT2D eigenvalue weighted by Crippen LogP contribution is -2.41. The van der Waals surface area contributed by atoms with E-state index >= 15 is 0 Å². The van der Waals surface area contributed by atoms with Crippen LogP contribution in [-0.2, 0) is 4.79 Å². The molecule has 0 bridgehead atoms. The molecule has 6 nitrogen and oxygen atoms in total. The van der Waals surface area contributed by atoms with Gasteiger partial charge >= 0.3 is 6.18 Å². The van der Waals surface area contributed by atoms with E-state index in [1.165, 1.54) is 25.3 Å². The molecule has 1 atom stereocenters. The lowest BCUT2D eigenvalue weighted by atomic mass is 10.0. The molecule has 0 spiro atoms. The lowest BCUT2D eigenvalue weighted by Gasteiger charge is -2.30. The predicted molar refractivity (Wildman–Crippen MR) is 108 cm³/mol. The summed E-state index contributed by atoms with van der Waals surface area (Å²) in [4.78, 5) is 17.5. The van der Waals surface area contributed by atoms with Crippen molar-refractivity contribution in [2.24, 2.45) is 11.1 Å². The molecule has 0 saturated carbocycles. The molecule has 1 amide bonds. The molecule has 170 valence electrons. The van der Waals surface area contributed by atoms with E-state index in [9.17, 15) is 26.7 Å². The van der Waals surface area contributed by atoms with Gasteiger partial charge in [-0.15, -0.1) is 0 Å². The summed E-state index contributed by atoms with van der Waals surface area (Å²) >= 11 is 0.851. The van der Waals surface area contributed by atoms with Gasteiger partial charge in [-0.25, -0.2) is 9.37 Å². The fourth-order valence-corrected chi connectivity index (χ4v) is 3.19. The number of hydrogen-bond donors (Lipinski definition) is 2. The number of amides is 1. The molecule has 2 rings (SSSR count). The largest absolute Gasteiger partial charge is 0.491 e. The van der Waals surface area contributed by atoms with E-state index in [1.807, 2.05) is 0 Å². The van der Waals surface area contributed by atoms with Gasteiger partial charge in [0, 0.05) is 18.4 Å². The Hall–Kier alpha value is -2.60. The van der Waals surface area contributed by atoms with Crippen molar-refractivity contribution in [2.45, 2.75) is 24.5 Å². The zero-order valence-electron chi connectivity index (χ0n) is 16.7. The zero-order valence-corrected chi connectivity index (χ0v) is 17.5. The van der Waals surface area contributed by atoms with Crippen LogP contribution in [0.5, 0.6) is 5.75 Å². The van der Waals surface area contributed by atoms with E-state index in [0.29, 0.717) is 10.7 Å². The first kappa shape index (κ1) is 24.7. The van der Waals surface area contributed by atoms with Crippen LogP contribution in [0, 0.1) is 17.6 Å². The van der Waals surface area contributed by atoms with Gasteiger partial charge in [0.1, 0.15) is 5.03 Å². The molecule has 1 unspecified atom stereocenters.